The zero-order valence-corrected chi connectivity index (χ0v) is 23.6. The molecular weight excluding hydrogens is 522 g/mol. The van der Waals surface area contributed by atoms with Gasteiger partial charge in [0, 0.05) is 23.2 Å². The van der Waals surface area contributed by atoms with Gasteiger partial charge in [-0.1, -0.05) is 33.8 Å². The van der Waals surface area contributed by atoms with E-state index in [0.717, 1.165) is 12.8 Å². The number of nitrogens with one attached hydrogen (secondary N) is 2. The molecule has 2 bridgehead atoms. The van der Waals surface area contributed by atoms with Crippen molar-refractivity contribution in [3.05, 3.63) is 12.7 Å². The fraction of sp³-hybridized carbons (Fsp3) is 0.750. The molecule has 4 aliphatic rings. The predicted octanol–water partition coefficient (Wildman–Crippen LogP) is 1.58. The van der Waals surface area contributed by atoms with E-state index in [0.29, 0.717) is 12.8 Å². The molecular formula is C28H41N3O9. The SMILES string of the molecule is C=C[C@]1(C)C[C@@H](OC(=O)NC(=O)O[C@H]2COC[C@@H]2NC(=O)C(N)=O)[C@@]2(C)C(C)CC[C@]3(CCC(=O)[C@H]32)[C@@H](C)[C@@H]1O. The second-order valence-corrected chi connectivity index (χ2v) is 12.5. The lowest BCUT2D eigenvalue weighted by molar-refractivity contribution is -0.191. The van der Waals surface area contributed by atoms with Crippen molar-refractivity contribution in [1.82, 2.24) is 10.6 Å². The number of ketones is 1. The molecule has 4 amide bonds. The van der Waals surface area contributed by atoms with Crippen LogP contribution in [0.2, 0.25) is 0 Å². The quantitative estimate of drug-likeness (QED) is 0.291. The number of alkyl carbamates (subject to hydrolysis) is 2. The van der Waals surface area contributed by atoms with Crippen molar-refractivity contribution in [3.8, 4) is 0 Å². The van der Waals surface area contributed by atoms with E-state index in [-0.39, 0.29) is 37.3 Å². The van der Waals surface area contributed by atoms with Crippen LogP contribution in [0.25, 0.3) is 0 Å². The molecule has 1 saturated heterocycles. The number of amides is 4. The number of hydrogen-bond acceptors (Lipinski definition) is 9. The topological polar surface area (TPSA) is 183 Å². The average Bonchev–Trinajstić information content (AvgIpc) is 3.48. The first-order chi connectivity index (χ1) is 18.7. The number of hydrogen-bond donors (Lipinski definition) is 4. The lowest BCUT2D eigenvalue weighted by Crippen LogP contribution is -2.63. The van der Waals surface area contributed by atoms with Gasteiger partial charge in [-0.25, -0.2) is 14.9 Å². The van der Waals surface area contributed by atoms with Gasteiger partial charge < -0.3 is 30.4 Å². The molecule has 4 fully saturated rings. The minimum Gasteiger partial charge on any atom is -0.445 e. The summed E-state index contributed by atoms with van der Waals surface area (Å²) >= 11 is 0. The molecule has 12 nitrogen and oxygen atoms in total. The van der Waals surface area contributed by atoms with Crippen molar-refractivity contribution < 1.29 is 43.3 Å². The summed E-state index contributed by atoms with van der Waals surface area (Å²) < 4.78 is 16.4. The standard InChI is InChI=1S/C28H41N3O9/c1-6-26(4)11-19(27(5)14(2)7-9-28(15(3)21(26)33)10-8-17(32)20(27)28)40-25(37)31-24(36)39-18-13-38-12-16(18)30-23(35)22(29)34/h6,14-16,18-21,33H,1,7-13H2,2-5H3,(H2,29,34)(H,30,35)(H,31,36,37)/t14?,15-,16-,18-,19+,20-,21-,26+,27+,28-/m0/s1. The summed E-state index contributed by atoms with van der Waals surface area (Å²) in [5.74, 6) is -2.67. The number of aliphatic hydroxyl groups is 1. The van der Waals surface area contributed by atoms with Gasteiger partial charge in [-0.15, -0.1) is 6.58 Å². The average molecular weight is 564 g/mol. The van der Waals surface area contributed by atoms with Crippen LogP contribution in [-0.4, -0.2) is 72.5 Å². The summed E-state index contributed by atoms with van der Waals surface area (Å²) in [6.45, 7) is 11.8. The monoisotopic (exact) mass is 563 g/mol. The maximum Gasteiger partial charge on any atom is 0.417 e. The second-order valence-electron chi connectivity index (χ2n) is 12.5. The van der Waals surface area contributed by atoms with Gasteiger partial charge in [-0.2, -0.15) is 0 Å². The Balaban J connectivity index is 1.55. The lowest BCUT2D eigenvalue weighted by atomic mass is 9.44. The molecule has 1 heterocycles. The number of nitrogens with two attached hydrogens (primary N) is 1. The van der Waals surface area contributed by atoms with E-state index < -0.39 is 70.5 Å². The number of carbonyl (C=O) groups is 5. The fourth-order valence-electron chi connectivity index (χ4n) is 7.94. The van der Waals surface area contributed by atoms with Crippen molar-refractivity contribution in [2.75, 3.05) is 13.2 Å². The molecule has 0 aromatic carbocycles. The number of aliphatic hydroxyl groups excluding tert-OH is 1. The van der Waals surface area contributed by atoms with E-state index >= 15 is 0 Å². The molecule has 5 N–H and O–H groups in total. The van der Waals surface area contributed by atoms with Crippen molar-refractivity contribution in [2.45, 2.75) is 84.2 Å². The summed E-state index contributed by atoms with van der Waals surface area (Å²) in [6, 6.07) is -0.826. The van der Waals surface area contributed by atoms with Gasteiger partial charge in [0.25, 0.3) is 0 Å². The number of ether oxygens (including phenoxy) is 3. The highest BCUT2D eigenvalue weighted by Crippen LogP contribution is 2.67. The van der Waals surface area contributed by atoms with E-state index in [1.54, 1.807) is 6.08 Å². The smallest absolute Gasteiger partial charge is 0.417 e. The molecule has 0 aromatic rings. The van der Waals surface area contributed by atoms with Crippen LogP contribution >= 0.6 is 0 Å². The van der Waals surface area contributed by atoms with Gasteiger partial charge in [0.1, 0.15) is 18.0 Å². The Morgan fingerprint density at radius 1 is 1.12 bits per heavy atom. The molecule has 0 radical (unpaired) electrons. The van der Waals surface area contributed by atoms with Crippen molar-refractivity contribution in [2.24, 2.45) is 39.7 Å². The van der Waals surface area contributed by atoms with E-state index in [4.69, 9.17) is 19.9 Å². The van der Waals surface area contributed by atoms with Crippen molar-refractivity contribution >= 4 is 29.8 Å². The predicted molar refractivity (Wildman–Crippen MR) is 140 cm³/mol. The highest BCUT2D eigenvalue weighted by atomic mass is 16.6. The summed E-state index contributed by atoms with van der Waals surface area (Å²) in [4.78, 5) is 61.9. The molecule has 4 rings (SSSR count). The van der Waals surface area contributed by atoms with E-state index in [2.05, 4.69) is 24.1 Å². The third-order valence-corrected chi connectivity index (χ3v) is 10.6. The van der Waals surface area contributed by atoms with Crippen molar-refractivity contribution in [3.63, 3.8) is 0 Å². The summed E-state index contributed by atoms with van der Waals surface area (Å²) in [7, 11) is 0. The normalized spacial score (nSPS) is 42.5. The Bertz CT molecular complexity index is 1100. The van der Waals surface area contributed by atoms with Crippen LogP contribution in [0.3, 0.4) is 0 Å². The van der Waals surface area contributed by atoms with Crippen LogP contribution < -0.4 is 16.4 Å². The Morgan fingerprint density at radius 3 is 2.45 bits per heavy atom. The largest absolute Gasteiger partial charge is 0.445 e. The molecule has 3 saturated carbocycles. The minimum absolute atomic E-state index is 0.0161. The molecule has 0 aromatic heterocycles. The number of rotatable bonds is 4. The molecule has 40 heavy (non-hydrogen) atoms. The Morgan fingerprint density at radius 2 is 1.80 bits per heavy atom. The van der Waals surface area contributed by atoms with Gasteiger partial charge in [-0.05, 0) is 42.9 Å². The summed E-state index contributed by atoms with van der Waals surface area (Å²) in [6.07, 6.45) is -0.185. The van der Waals surface area contributed by atoms with Gasteiger partial charge in [0.2, 0.25) is 0 Å². The molecule has 12 heteroatoms. The number of carbonyl (C=O) groups excluding carboxylic acids is 5. The highest BCUT2D eigenvalue weighted by Gasteiger charge is 2.68. The van der Waals surface area contributed by atoms with Crippen LogP contribution in [-0.2, 0) is 28.6 Å². The van der Waals surface area contributed by atoms with E-state index in [1.165, 1.54) is 0 Å². The van der Waals surface area contributed by atoms with Gasteiger partial charge in [0.05, 0.1) is 25.4 Å². The van der Waals surface area contributed by atoms with Crippen LogP contribution in [0, 0.1) is 34.0 Å². The Labute approximate surface area is 233 Å². The maximum atomic E-state index is 13.5. The van der Waals surface area contributed by atoms with Crippen LogP contribution in [0.5, 0.6) is 0 Å². The molecule has 0 spiro atoms. The molecule has 1 unspecified atom stereocenters. The highest BCUT2D eigenvalue weighted by molar-refractivity contribution is 6.34. The zero-order valence-electron chi connectivity index (χ0n) is 23.6. The number of Topliss-reactive ketones (excluding diaryl/α,β-unsaturated/α-hetero) is 1. The molecule has 10 atom stereocenters. The fourth-order valence-corrected chi connectivity index (χ4v) is 7.94. The third-order valence-electron chi connectivity index (χ3n) is 10.6. The van der Waals surface area contributed by atoms with Gasteiger partial charge >= 0.3 is 24.0 Å². The maximum absolute atomic E-state index is 13.5. The van der Waals surface area contributed by atoms with Crippen LogP contribution in [0.15, 0.2) is 12.7 Å². The van der Waals surface area contributed by atoms with Gasteiger partial charge in [-0.3, -0.25) is 14.4 Å². The van der Waals surface area contributed by atoms with E-state index in [9.17, 15) is 29.1 Å². The molecule has 1 aliphatic heterocycles. The molecule has 222 valence electrons. The first kappa shape index (κ1) is 30.0. The Hall–Kier alpha value is -2.99. The van der Waals surface area contributed by atoms with Crippen LogP contribution in [0.4, 0.5) is 9.59 Å². The van der Waals surface area contributed by atoms with Gasteiger partial charge in [0.15, 0.2) is 0 Å². The summed E-state index contributed by atoms with van der Waals surface area (Å²) in [5.41, 5.74) is 2.98. The number of primary amides is 1. The second kappa shape index (κ2) is 10.8. The van der Waals surface area contributed by atoms with Crippen LogP contribution in [0.1, 0.15) is 59.8 Å². The van der Waals surface area contributed by atoms with E-state index in [1.807, 2.05) is 20.8 Å². The third kappa shape index (κ3) is 4.89. The first-order valence-electron chi connectivity index (χ1n) is 13.9. The van der Waals surface area contributed by atoms with Crippen molar-refractivity contribution in [1.29, 1.82) is 0 Å². The zero-order chi connectivity index (χ0) is 29.6. The number of imide groups is 1. The first-order valence-corrected chi connectivity index (χ1v) is 13.9. The Kier molecular flexibility index (Phi) is 8.07. The molecule has 3 aliphatic carbocycles. The lowest BCUT2D eigenvalue weighted by Gasteiger charge is -2.61. The summed E-state index contributed by atoms with van der Waals surface area (Å²) in [5, 5.41) is 16.0. The minimum atomic E-state index is -1.20.